The lowest BCUT2D eigenvalue weighted by Gasteiger charge is -2.06. The molecule has 3 nitrogen and oxygen atoms in total. The molecular formula is C7H7BrF2N2O. The molecule has 1 heterocycles. The molecule has 0 aliphatic heterocycles. The zero-order valence-corrected chi connectivity index (χ0v) is 8.05. The summed E-state index contributed by atoms with van der Waals surface area (Å²) in [5.41, 5.74) is 5.05. The molecule has 0 bridgehead atoms. The highest BCUT2D eigenvalue weighted by molar-refractivity contribution is 9.08. The maximum Gasteiger partial charge on any atom is 0.267 e. The fourth-order valence-electron chi connectivity index (χ4n) is 0.845. The highest BCUT2D eigenvalue weighted by atomic mass is 79.9. The summed E-state index contributed by atoms with van der Waals surface area (Å²) >= 11 is 3.04. The van der Waals surface area contributed by atoms with Crippen LogP contribution < -0.4 is 5.73 Å². The summed E-state index contributed by atoms with van der Waals surface area (Å²) in [6.07, 6.45) is -2.72. The van der Waals surface area contributed by atoms with Crippen LogP contribution in [0.15, 0.2) is 6.07 Å². The molecule has 3 N–H and O–H groups in total. The Labute approximate surface area is 81.7 Å². The van der Waals surface area contributed by atoms with Gasteiger partial charge in [-0.2, -0.15) is 0 Å². The molecular weight excluding hydrogens is 246 g/mol. The Hall–Kier alpha value is -0.910. The summed E-state index contributed by atoms with van der Waals surface area (Å²) in [5, 5.41) is 9.45. The number of alkyl halides is 3. The molecule has 0 amide bonds. The first-order valence-corrected chi connectivity index (χ1v) is 4.50. The molecule has 1 aromatic rings. The predicted octanol–water partition coefficient (Wildman–Crippen LogP) is 2.20. The summed E-state index contributed by atoms with van der Waals surface area (Å²) < 4.78 is 24.4. The highest BCUT2D eigenvalue weighted by Gasteiger charge is 2.15. The Balaban J connectivity index is 3.20. The van der Waals surface area contributed by atoms with Crippen molar-refractivity contribution in [2.75, 3.05) is 5.73 Å². The summed E-state index contributed by atoms with van der Waals surface area (Å²) in [6.45, 7) is 0. The SMILES string of the molecule is Nc1nc(CBr)c(O)cc1C(F)F. The molecule has 72 valence electrons. The maximum atomic E-state index is 12.2. The average Bonchev–Trinajstić information content (AvgIpc) is 2.07. The molecule has 0 aromatic carbocycles. The van der Waals surface area contributed by atoms with Gasteiger partial charge >= 0.3 is 0 Å². The standard InChI is InChI=1S/C7H7BrF2N2O/c8-2-4-5(13)1-3(6(9)10)7(11)12-4/h1,6,13H,2H2,(H2,11,12). The molecule has 0 radical (unpaired) electrons. The van der Waals surface area contributed by atoms with E-state index >= 15 is 0 Å². The number of nitrogens with two attached hydrogens (primary N) is 1. The molecule has 0 atom stereocenters. The van der Waals surface area contributed by atoms with Crippen molar-refractivity contribution in [1.82, 2.24) is 4.98 Å². The summed E-state index contributed by atoms with van der Waals surface area (Å²) in [4.78, 5) is 3.61. The van der Waals surface area contributed by atoms with E-state index in [1.54, 1.807) is 0 Å². The second-order valence-electron chi connectivity index (χ2n) is 2.36. The van der Waals surface area contributed by atoms with Gasteiger partial charge in [0.15, 0.2) is 0 Å². The predicted molar refractivity (Wildman–Crippen MR) is 47.9 cm³/mol. The van der Waals surface area contributed by atoms with Crippen LogP contribution in [0.4, 0.5) is 14.6 Å². The van der Waals surface area contributed by atoms with E-state index in [2.05, 4.69) is 20.9 Å². The van der Waals surface area contributed by atoms with Crippen LogP contribution in [0.2, 0.25) is 0 Å². The lowest BCUT2D eigenvalue weighted by molar-refractivity contribution is 0.151. The van der Waals surface area contributed by atoms with E-state index in [0.29, 0.717) is 0 Å². The minimum Gasteiger partial charge on any atom is -0.506 e. The lowest BCUT2D eigenvalue weighted by atomic mass is 10.2. The van der Waals surface area contributed by atoms with Crippen LogP contribution in [0.25, 0.3) is 0 Å². The van der Waals surface area contributed by atoms with Crippen molar-refractivity contribution in [3.8, 4) is 5.75 Å². The van der Waals surface area contributed by atoms with Crippen molar-refractivity contribution in [2.24, 2.45) is 0 Å². The number of pyridine rings is 1. The Kier molecular flexibility index (Phi) is 3.02. The number of nitrogens with zero attached hydrogens (tertiary/aromatic N) is 1. The molecule has 0 spiro atoms. The van der Waals surface area contributed by atoms with Crippen molar-refractivity contribution in [3.05, 3.63) is 17.3 Å². The van der Waals surface area contributed by atoms with Gasteiger partial charge in [-0.3, -0.25) is 0 Å². The van der Waals surface area contributed by atoms with Crippen LogP contribution >= 0.6 is 15.9 Å². The number of hydrogen-bond donors (Lipinski definition) is 2. The molecule has 1 rings (SSSR count). The van der Waals surface area contributed by atoms with Gasteiger partial charge in [0.1, 0.15) is 11.6 Å². The first-order valence-electron chi connectivity index (χ1n) is 3.38. The largest absolute Gasteiger partial charge is 0.506 e. The summed E-state index contributed by atoms with van der Waals surface area (Å²) in [7, 11) is 0. The molecule has 0 saturated carbocycles. The first kappa shape index (κ1) is 10.2. The van der Waals surface area contributed by atoms with Crippen molar-refractivity contribution in [2.45, 2.75) is 11.8 Å². The average molecular weight is 253 g/mol. The van der Waals surface area contributed by atoms with Crippen LogP contribution in [-0.2, 0) is 5.33 Å². The van der Waals surface area contributed by atoms with E-state index in [9.17, 15) is 13.9 Å². The molecule has 0 aliphatic rings. The molecule has 6 heteroatoms. The summed E-state index contributed by atoms with van der Waals surface area (Å²) in [6, 6.07) is 0.934. The Morgan fingerprint density at radius 1 is 1.62 bits per heavy atom. The number of halogens is 3. The smallest absolute Gasteiger partial charge is 0.267 e. The Bertz CT molecular complexity index is 320. The van der Waals surface area contributed by atoms with Crippen molar-refractivity contribution in [1.29, 1.82) is 0 Å². The molecule has 1 aromatic heterocycles. The normalized spacial score (nSPS) is 10.8. The number of rotatable bonds is 2. The third-order valence-electron chi connectivity index (χ3n) is 1.50. The van der Waals surface area contributed by atoms with Gasteiger partial charge in [-0.1, -0.05) is 15.9 Å². The van der Waals surface area contributed by atoms with Crippen LogP contribution in [0, 0.1) is 0 Å². The van der Waals surface area contributed by atoms with Crippen LogP contribution in [0.3, 0.4) is 0 Å². The van der Waals surface area contributed by atoms with Crippen molar-refractivity contribution in [3.63, 3.8) is 0 Å². The number of aromatic hydroxyl groups is 1. The Morgan fingerprint density at radius 2 is 2.23 bits per heavy atom. The minimum absolute atomic E-state index is 0.248. The van der Waals surface area contributed by atoms with Gasteiger partial charge < -0.3 is 10.8 Å². The molecule has 0 saturated heterocycles. The quantitative estimate of drug-likeness (QED) is 0.794. The number of anilines is 1. The zero-order chi connectivity index (χ0) is 10.0. The van der Waals surface area contributed by atoms with E-state index in [0.717, 1.165) is 6.07 Å². The second-order valence-corrected chi connectivity index (χ2v) is 2.92. The molecule has 0 aliphatic carbocycles. The zero-order valence-electron chi connectivity index (χ0n) is 6.47. The van der Waals surface area contributed by atoms with E-state index in [1.807, 2.05) is 0 Å². The molecule has 0 unspecified atom stereocenters. The summed E-state index contributed by atoms with van der Waals surface area (Å²) in [5.74, 6) is -0.524. The number of hydrogen-bond acceptors (Lipinski definition) is 3. The van der Waals surface area contributed by atoms with Gasteiger partial charge in [-0.15, -0.1) is 0 Å². The molecule has 13 heavy (non-hydrogen) atoms. The third-order valence-corrected chi connectivity index (χ3v) is 2.03. The van der Waals surface area contributed by atoms with Gasteiger partial charge in [0, 0.05) is 5.33 Å². The van der Waals surface area contributed by atoms with E-state index in [-0.39, 0.29) is 22.6 Å². The second kappa shape index (κ2) is 3.87. The van der Waals surface area contributed by atoms with Crippen LogP contribution in [0.1, 0.15) is 17.7 Å². The lowest BCUT2D eigenvalue weighted by Crippen LogP contribution is -2.00. The van der Waals surface area contributed by atoms with Crippen LogP contribution in [0.5, 0.6) is 5.75 Å². The highest BCUT2D eigenvalue weighted by Crippen LogP contribution is 2.29. The minimum atomic E-state index is -2.72. The van der Waals surface area contributed by atoms with E-state index in [1.165, 1.54) is 0 Å². The number of nitrogen functional groups attached to an aromatic ring is 1. The van der Waals surface area contributed by atoms with Crippen molar-refractivity contribution < 1.29 is 13.9 Å². The monoisotopic (exact) mass is 252 g/mol. The van der Waals surface area contributed by atoms with Gasteiger partial charge in [-0.05, 0) is 6.07 Å². The van der Waals surface area contributed by atoms with Gasteiger partial charge in [-0.25, -0.2) is 13.8 Å². The third kappa shape index (κ3) is 2.06. The van der Waals surface area contributed by atoms with Crippen LogP contribution in [-0.4, -0.2) is 10.1 Å². The first-order chi connectivity index (χ1) is 6.06. The fourth-order valence-corrected chi connectivity index (χ4v) is 1.26. The topological polar surface area (TPSA) is 59.1 Å². The van der Waals surface area contributed by atoms with E-state index in [4.69, 9.17) is 5.73 Å². The maximum absolute atomic E-state index is 12.2. The van der Waals surface area contributed by atoms with E-state index < -0.39 is 12.0 Å². The van der Waals surface area contributed by atoms with Crippen molar-refractivity contribution >= 4 is 21.7 Å². The van der Waals surface area contributed by atoms with Gasteiger partial charge in [0.25, 0.3) is 6.43 Å². The fraction of sp³-hybridized carbons (Fsp3) is 0.286. The van der Waals surface area contributed by atoms with Gasteiger partial charge in [0.2, 0.25) is 0 Å². The Morgan fingerprint density at radius 3 is 2.69 bits per heavy atom. The number of aromatic nitrogens is 1. The molecule has 0 fully saturated rings. The van der Waals surface area contributed by atoms with Gasteiger partial charge in [0.05, 0.1) is 11.3 Å².